The molecule has 0 heterocycles. The Morgan fingerprint density at radius 3 is 1.90 bits per heavy atom. The third-order valence-electron chi connectivity index (χ3n) is 1.02. The molecule has 2 unspecified atom stereocenters. The molecular weight excluding hydrogens is 152 g/mol. The molecule has 0 fully saturated rings. The van der Waals surface area contributed by atoms with Gasteiger partial charge in [-0.25, -0.2) is 17.6 Å². The molecule has 1 N–H and O–H groups in total. The zero-order valence-corrected chi connectivity index (χ0v) is 5.32. The Balaban J connectivity index is 4.03. The molecule has 0 amide bonds. The van der Waals surface area contributed by atoms with Gasteiger partial charge in [-0.3, -0.25) is 0 Å². The summed E-state index contributed by atoms with van der Waals surface area (Å²) in [5, 5.41) is 7.86. The lowest BCUT2D eigenvalue weighted by Crippen LogP contribution is -2.39. The monoisotopic (exact) mass is 160 g/mol. The van der Waals surface area contributed by atoms with Crippen LogP contribution in [0.1, 0.15) is 6.92 Å². The minimum absolute atomic E-state index is 0.675. The molecule has 0 aromatic heterocycles. The first-order valence-corrected chi connectivity index (χ1v) is 2.68. The van der Waals surface area contributed by atoms with Crippen LogP contribution in [0, 0.1) is 0 Å². The van der Waals surface area contributed by atoms with E-state index in [9.17, 15) is 17.6 Å². The van der Waals surface area contributed by atoms with Crippen LogP contribution in [0.2, 0.25) is 0 Å². The number of rotatable bonds is 3. The summed E-state index contributed by atoms with van der Waals surface area (Å²) in [5.41, 5.74) is 0. The van der Waals surface area contributed by atoms with E-state index in [-0.39, 0.29) is 0 Å². The van der Waals surface area contributed by atoms with Crippen LogP contribution in [0.3, 0.4) is 0 Å². The number of aliphatic hydroxyl groups excluding tert-OH is 1. The number of hydrogen-bond acceptors (Lipinski definition) is 1. The maximum atomic E-state index is 12.0. The van der Waals surface area contributed by atoms with Crippen LogP contribution in [-0.2, 0) is 0 Å². The summed E-state index contributed by atoms with van der Waals surface area (Å²) in [7, 11) is 0. The van der Waals surface area contributed by atoms with Gasteiger partial charge in [0.15, 0.2) is 6.17 Å². The van der Waals surface area contributed by atoms with Crippen molar-refractivity contribution >= 4 is 0 Å². The second kappa shape index (κ2) is 3.18. The van der Waals surface area contributed by atoms with Crippen LogP contribution in [0.4, 0.5) is 17.6 Å². The zero-order valence-electron chi connectivity index (χ0n) is 5.32. The Bertz CT molecular complexity index is 104. The van der Waals surface area contributed by atoms with Crippen molar-refractivity contribution in [1.29, 1.82) is 0 Å². The molecule has 0 saturated carbocycles. The van der Waals surface area contributed by atoms with Crippen molar-refractivity contribution in [2.45, 2.75) is 25.2 Å². The Labute approximate surface area is 55.7 Å². The fraction of sp³-hybridized carbons (Fsp3) is 1.00. The maximum Gasteiger partial charge on any atom is 0.304 e. The molecule has 0 aromatic rings. The number of alkyl halides is 4. The smallest absolute Gasteiger partial charge is 0.304 e. The lowest BCUT2D eigenvalue weighted by molar-refractivity contribution is -0.126. The van der Waals surface area contributed by atoms with Crippen molar-refractivity contribution in [2.24, 2.45) is 0 Å². The van der Waals surface area contributed by atoms with Crippen LogP contribution in [-0.4, -0.2) is 30.0 Å². The van der Waals surface area contributed by atoms with Gasteiger partial charge in [-0.2, -0.15) is 0 Å². The fourth-order valence-corrected chi connectivity index (χ4v) is 0.423. The fourth-order valence-electron chi connectivity index (χ4n) is 0.423. The molecule has 0 bridgehead atoms. The summed E-state index contributed by atoms with van der Waals surface area (Å²) in [6.45, 7) is -0.989. The highest BCUT2D eigenvalue weighted by atomic mass is 19.3. The van der Waals surface area contributed by atoms with Gasteiger partial charge in [-0.15, -0.1) is 0 Å². The summed E-state index contributed by atoms with van der Waals surface area (Å²) in [6.07, 6.45) is -5.18. The van der Waals surface area contributed by atoms with Gasteiger partial charge in [-0.1, -0.05) is 0 Å². The highest BCUT2D eigenvalue weighted by Crippen LogP contribution is 2.24. The van der Waals surface area contributed by atoms with Crippen LogP contribution in [0.15, 0.2) is 0 Å². The predicted molar refractivity (Wildman–Crippen MR) is 27.5 cm³/mol. The van der Waals surface area contributed by atoms with Crippen molar-refractivity contribution < 1.29 is 22.7 Å². The van der Waals surface area contributed by atoms with Gasteiger partial charge < -0.3 is 5.11 Å². The minimum Gasteiger partial charge on any atom is -0.390 e. The number of halogens is 4. The Hall–Kier alpha value is -0.320. The Morgan fingerprint density at radius 1 is 1.40 bits per heavy atom. The van der Waals surface area contributed by atoms with E-state index in [0.717, 1.165) is 0 Å². The SMILES string of the molecule is CC(F)C(F)C(F)(F)CO. The van der Waals surface area contributed by atoms with Crippen LogP contribution < -0.4 is 0 Å². The van der Waals surface area contributed by atoms with Crippen molar-refractivity contribution in [3.63, 3.8) is 0 Å². The molecule has 1 nitrogen and oxygen atoms in total. The van der Waals surface area contributed by atoms with Gasteiger partial charge in [0, 0.05) is 0 Å². The van der Waals surface area contributed by atoms with E-state index in [4.69, 9.17) is 5.11 Å². The maximum absolute atomic E-state index is 12.0. The van der Waals surface area contributed by atoms with E-state index in [1.807, 2.05) is 0 Å². The largest absolute Gasteiger partial charge is 0.390 e. The van der Waals surface area contributed by atoms with Gasteiger partial charge in [-0.05, 0) is 6.92 Å². The molecule has 0 aliphatic carbocycles. The lowest BCUT2D eigenvalue weighted by atomic mass is 10.1. The van der Waals surface area contributed by atoms with E-state index in [1.165, 1.54) is 0 Å². The lowest BCUT2D eigenvalue weighted by Gasteiger charge is -2.18. The molecule has 0 rings (SSSR count). The first-order chi connectivity index (χ1) is 4.41. The summed E-state index contributed by atoms with van der Waals surface area (Å²) < 4.78 is 47.7. The molecule has 62 valence electrons. The molecule has 0 aliphatic rings. The van der Waals surface area contributed by atoms with Gasteiger partial charge in [0.05, 0.1) is 0 Å². The molecule has 0 aromatic carbocycles. The minimum atomic E-state index is -3.96. The third-order valence-corrected chi connectivity index (χ3v) is 1.02. The topological polar surface area (TPSA) is 20.2 Å². The predicted octanol–water partition coefficient (Wildman–Crippen LogP) is 1.31. The molecule has 0 saturated heterocycles. The third kappa shape index (κ3) is 2.13. The highest BCUT2D eigenvalue weighted by Gasteiger charge is 2.43. The van der Waals surface area contributed by atoms with Gasteiger partial charge in [0.25, 0.3) is 0 Å². The Morgan fingerprint density at radius 2 is 1.80 bits per heavy atom. The van der Waals surface area contributed by atoms with E-state index in [2.05, 4.69) is 0 Å². The van der Waals surface area contributed by atoms with Crippen LogP contribution >= 0.6 is 0 Å². The van der Waals surface area contributed by atoms with E-state index in [0.29, 0.717) is 6.92 Å². The van der Waals surface area contributed by atoms with Gasteiger partial charge in [0.2, 0.25) is 0 Å². The van der Waals surface area contributed by atoms with Crippen LogP contribution in [0.5, 0.6) is 0 Å². The normalized spacial score (nSPS) is 18.6. The van der Waals surface area contributed by atoms with E-state index >= 15 is 0 Å². The van der Waals surface area contributed by atoms with E-state index in [1.54, 1.807) is 0 Å². The molecule has 0 radical (unpaired) electrons. The first kappa shape index (κ1) is 9.68. The molecule has 10 heavy (non-hydrogen) atoms. The molecule has 2 atom stereocenters. The number of hydrogen-bond donors (Lipinski definition) is 1. The van der Waals surface area contributed by atoms with Crippen LogP contribution in [0.25, 0.3) is 0 Å². The molecular formula is C5H8F4O. The average molecular weight is 160 g/mol. The molecule has 0 spiro atoms. The average Bonchev–Trinajstić information content (AvgIpc) is 1.86. The quantitative estimate of drug-likeness (QED) is 0.617. The summed E-state index contributed by atoms with van der Waals surface area (Å²) in [4.78, 5) is 0. The number of aliphatic hydroxyl groups is 1. The molecule has 0 aliphatic heterocycles. The van der Waals surface area contributed by atoms with Crippen molar-refractivity contribution in [3.8, 4) is 0 Å². The van der Waals surface area contributed by atoms with E-state index < -0.39 is 24.9 Å². The van der Waals surface area contributed by atoms with Gasteiger partial charge in [0.1, 0.15) is 12.8 Å². The summed E-state index contributed by atoms with van der Waals surface area (Å²) in [6, 6.07) is 0. The molecule has 5 heteroatoms. The zero-order chi connectivity index (χ0) is 8.36. The van der Waals surface area contributed by atoms with Crippen molar-refractivity contribution in [3.05, 3.63) is 0 Å². The summed E-state index contributed by atoms with van der Waals surface area (Å²) in [5.74, 6) is -3.96. The second-order valence-corrected chi connectivity index (χ2v) is 2.00. The standard InChI is InChI=1S/C5H8F4O/c1-3(6)4(7)5(8,9)2-10/h3-4,10H,2H2,1H3. The Kier molecular flexibility index (Phi) is 3.08. The van der Waals surface area contributed by atoms with Crippen molar-refractivity contribution in [2.75, 3.05) is 6.61 Å². The first-order valence-electron chi connectivity index (χ1n) is 2.68. The summed E-state index contributed by atoms with van der Waals surface area (Å²) >= 11 is 0. The van der Waals surface area contributed by atoms with Crippen molar-refractivity contribution in [1.82, 2.24) is 0 Å². The van der Waals surface area contributed by atoms with Gasteiger partial charge >= 0.3 is 5.92 Å². The highest BCUT2D eigenvalue weighted by molar-refractivity contribution is 4.79. The second-order valence-electron chi connectivity index (χ2n) is 2.00.